The number of nitrogens with zero attached hydrogens (tertiary/aromatic N) is 3. The number of hydrogen-bond donors (Lipinski definition) is 0. The summed E-state index contributed by atoms with van der Waals surface area (Å²) in [5, 5.41) is 0. The third-order valence-corrected chi connectivity index (χ3v) is 7.94. The molecule has 39 heavy (non-hydrogen) atoms. The van der Waals surface area contributed by atoms with Crippen molar-refractivity contribution in [1.82, 2.24) is 9.80 Å². The maximum absolute atomic E-state index is 13.7. The predicted octanol–water partition coefficient (Wildman–Crippen LogP) is 4.40. The summed E-state index contributed by atoms with van der Waals surface area (Å²) in [6.07, 6.45) is 2.11. The standard InChI is InChI=1S/C31H34FN3O4/c1-21(22-5-3-2-4-6-22)35(18-26-17-29(36)27-20-39-16-13-28(27)33-26)30(37)19-34-14-11-24(12-15-34)31(38)23-7-9-25(32)10-8-23/h2-10,21,24H,11-20H2,1H3/t21-/m0/s1. The normalized spacial score (nSPS) is 19.3. The van der Waals surface area contributed by atoms with Gasteiger partial charge in [-0.2, -0.15) is 0 Å². The molecule has 0 aliphatic carbocycles. The SMILES string of the molecule is C[C@@H](c1ccccc1)N(CC1=NC2=C(COCC2)C(=O)C1)C(=O)CN1CCC(C(=O)c2ccc(F)cc2)CC1. The lowest BCUT2D eigenvalue weighted by molar-refractivity contribution is -0.134. The lowest BCUT2D eigenvalue weighted by atomic mass is 9.89. The molecule has 2 aromatic rings. The fourth-order valence-corrected chi connectivity index (χ4v) is 5.59. The van der Waals surface area contributed by atoms with Gasteiger partial charge in [-0.25, -0.2) is 4.39 Å². The number of ether oxygens (including phenoxy) is 1. The molecule has 8 heteroatoms. The molecule has 1 amide bonds. The maximum Gasteiger partial charge on any atom is 0.237 e. The number of benzene rings is 2. The molecular formula is C31H34FN3O4. The Morgan fingerprint density at radius 1 is 1.10 bits per heavy atom. The number of likely N-dealkylation sites (tertiary alicyclic amines) is 1. The van der Waals surface area contributed by atoms with E-state index >= 15 is 0 Å². The summed E-state index contributed by atoms with van der Waals surface area (Å²) in [5.74, 6) is -0.464. The Kier molecular flexibility index (Phi) is 8.43. The number of ketones is 2. The molecule has 0 saturated carbocycles. The van der Waals surface area contributed by atoms with E-state index in [1.54, 1.807) is 0 Å². The summed E-state index contributed by atoms with van der Waals surface area (Å²) in [6, 6.07) is 15.4. The van der Waals surface area contributed by atoms with Crippen LogP contribution in [0.2, 0.25) is 0 Å². The molecule has 1 saturated heterocycles. The van der Waals surface area contributed by atoms with Crippen LogP contribution in [-0.4, -0.2) is 72.4 Å². The summed E-state index contributed by atoms with van der Waals surface area (Å²) in [7, 11) is 0. The van der Waals surface area contributed by atoms with Crippen LogP contribution in [0.3, 0.4) is 0 Å². The Morgan fingerprint density at radius 3 is 2.54 bits per heavy atom. The number of aliphatic imine (C=N–C) groups is 1. The third kappa shape index (κ3) is 6.40. The van der Waals surface area contributed by atoms with Crippen molar-refractivity contribution in [3.63, 3.8) is 0 Å². The molecule has 7 nitrogen and oxygen atoms in total. The molecule has 2 aromatic carbocycles. The molecule has 3 heterocycles. The van der Waals surface area contributed by atoms with Crippen molar-refractivity contribution in [2.24, 2.45) is 10.9 Å². The Hall–Kier alpha value is -3.49. The number of piperidine rings is 1. The maximum atomic E-state index is 13.7. The molecule has 0 spiro atoms. The van der Waals surface area contributed by atoms with Crippen molar-refractivity contribution in [3.8, 4) is 0 Å². The summed E-state index contributed by atoms with van der Waals surface area (Å²) >= 11 is 0. The van der Waals surface area contributed by atoms with Gasteiger partial charge in [-0.05, 0) is 62.7 Å². The van der Waals surface area contributed by atoms with Crippen LogP contribution in [0.5, 0.6) is 0 Å². The predicted molar refractivity (Wildman–Crippen MR) is 146 cm³/mol. The van der Waals surface area contributed by atoms with Crippen LogP contribution in [0.15, 0.2) is 70.9 Å². The first-order valence-corrected chi connectivity index (χ1v) is 13.6. The van der Waals surface area contributed by atoms with Gasteiger partial charge in [-0.15, -0.1) is 0 Å². The second-order valence-corrected chi connectivity index (χ2v) is 10.5. The van der Waals surface area contributed by atoms with Gasteiger partial charge in [0.15, 0.2) is 11.6 Å². The number of hydrogen-bond acceptors (Lipinski definition) is 6. The molecule has 0 N–H and O–H groups in total. The number of amides is 1. The van der Waals surface area contributed by atoms with E-state index < -0.39 is 0 Å². The molecule has 0 bridgehead atoms. The van der Waals surface area contributed by atoms with Crippen molar-refractivity contribution in [2.45, 2.75) is 38.6 Å². The summed E-state index contributed by atoms with van der Waals surface area (Å²) in [6.45, 7) is 4.65. The highest BCUT2D eigenvalue weighted by molar-refractivity contribution is 6.13. The topological polar surface area (TPSA) is 79.3 Å². The number of Topliss-reactive ketones (excluding diaryl/α,β-unsaturated/α-hetero) is 2. The zero-order valence-corrected chi connectivity index (χ0v) is 22.3. The molecule has 3 aliphatic heterocycles. The minimum Gasteiger partial charge on any atom is -0.376 e. The van der Waals surface area contributed by atoms with Gasteiger partial charge in [0.2, 0.25) is 5.91 Å². The fraction of sp³-hybridized carbons (Fsp3) is 0.419. The van der Waals surface area contributed by atoms with Crippen molar-refractivity contribution in [1.29, 1.82) is 0 Å². The van der Waals surface area contributed by atoms with Crippen molar-refractivity contribution >= 4 is 23.2 Å². The molecule has 0 unspecified atom stereocenters. The minimum atomic E-state index is -0.359. The van der Waals surface area contributed by atoms with Gasteiger partial charge in [0.25, 0.3) is 0 Å². The van der Waals surface area contributed by atoms with E-state index in [1.165, 1.54) is 24.3 Å². The van der Waals surface area contributed by atoms with E-state index in [0.717, 1.165) is 11.3 Å². The van der Waals surface area contributed by atoms with E-state index in [-0.39, 0.29) is 54.8 Å². The Morgan fingerprint density at radius 2 is 1.82 bits per heavy atom. The molecule has 3 aliphatic rings. The molecule has 0 radical (unpaired) electrons. The van der Waals surface area contributed by atoms with E-state index in [9.17, 15) is 18.8 Å². The van der Waals surface area contributed by atoms with Crippen LogP contribution < -0.4 is 0 Å². The summed E-state index contributed by atoms with van der Waals surface area (Å²) < 4.78 is 18.7. The molecule has 204 valence electrons. The lowest BCUT2D eigenvalue weighted by Crippen LogP contribution is -2.47. The van der Waals surface area contributed by atoms with Gasteiger partial charge in [0.05, 0.1) is 44.5 Å². The smallest absolute Gasteiger partial charge is 0.237 e. The number of halogens is 1. The van der Waals surface area contributed by atoms with Crippen LogP contribution in [0.25, 0.3) is 0 Å². The monoisotopic (exact) mass is 531 g/mol. The second-order valence-electron chi connectivity index (χ2n) is 10.5. The molecule has 5 rings (SSSR count). The van der Waals surface area contributed by atoms with Crippen molar-refractivity contribution < 1.29 is 23.5 Å². The highest BCUT2D eigenvalue weighted by Gasteiger charge is 2.32. The van der Waals surface area contributed by atoms with Crippen molar-refractivity contribution in [3.05, 3.63) is 82.8 Å². The molecular weight excluding hydrogens is 497 g/mol. The Balaban J connectivity index is 1.26. The van der Waals surface area contributed by atoms with E-state index in [0.29, 0.717) is 62.4 Å². The summed E-state index contributed by atoms with van der Waals surface area (Å²) in [5.41, 5.74) is 3.71. The number of rotatable bonds is 8. The molecule has 0 aromatic heterocycles. The van der Waals surface area contributed by atoms with Crippen LogP contribution >= 0.6 is 0 Å². The summed E-state index contributed by atoms with van der Waals surface area (Å²) in [4.78, 5) is 48.1. The number of carbonyl (C=O) groups excluding carboxylic acids is 3. The minimum absolute atomic E-state index is 0.0297. The van der Waals surface area contributed by atoms with Gasteiger partial charge < -0.3 is 9.64 Å². The first-order chi connectivity index (χ1) is 18.9. The first-order valence-electron chi connectivity index (χ1n) is 13.6. The lowest BCUT2D eigenvalue weighted by Gasteiger charge is -2.35. The van der Waals surface area contributed by atoms with Crippen molar-refractivity contribution in [2.75, 3.05) is 39.4 Å². The average molecular weight is 532 g/mol. The van der Waals surface area contributed by atoms with Gasteiger partial charge in [-0.3, -0.25) is 24.3 Å². The van der Waals surface area contributed by atoms with E-state index in [1.807, 2.05) is 42.2 Å². The highest BCUT2D eigenvalue weighted by atomic mass is 19.1. The van der Waals surface area contributed by atoms with E-state index in [2.05, 4.69) is 4.90 Å². The number of carbonyl (C=O) groups is 3. The Labute approximate surface area is 228 Å². The second kappa shape index (κ2) is 12.1. The quantitative estimate of drug-likeness (QED) is 0.472. The van der Waals surface area contributed by atoms with Gasteiger partial charge in [0, 0.05) is 29.2 Å². The average Bonchev–Trinajstić information content (AvgIpc) is 2.96. The van der Waals surface area contributed by atoms with Crippen LogP contribution in [0.1, 0.15) is 54.6 Å². The zero-order chi connectivity index (χ0) is 27.4. The zero-order valence-electron chi connectivity index (χ0n) is 22.3. The van der Waals surface area contributed by atoms with E-state index in [4.69, 9.17) is 9.73 Å². The molecule has 1 fully saturated rings. The van der Waals surface area contributed by atoms with Gasteiger partial charge >= 0.3 is 0 Å². The molecule has 1 atom stereocenters. The highest BCUT2D eigenvalue weighted by Crippen LogP contribution is 2.27. The van der Waals surface area contributed by atoms with Crippen LogP contribution in [0.4, 0.5) is 4.39 Å². The largest absolute Gasteiger partial charge is 0.376 e. The Bertz CT molecular complexity index is 1280. The van der Waals surface area contributed by atoms with Gasteiger partial charge in [0.1, 0.15) is 5.82 Å². The van der Waals surface area contributed by atoms with Crippen LogP contribution in [-0.2, 0) is 14.3 Å². The first kappa shape index (κ1) is 27.1. The van der Waals surface area contributed by atoms with Crippen LogP contribution in [0, 0.1) is 11.7 Å². The third-order valence-electron chi connectivity index (χ3n) is 7.94. The fourth-order valence-electron chi connectivity index (χ4n) is 5.59. The van der Waals surface area contributed by atoms with Gasteiger partial charge in [-0.1, -0.05) is 30.3 Å².